The van der Waals surface area contributed by atoms with Crippen molar-refractivity contribution < 1.29 is 24.2 Å². The van der Waals surface area contributed by atoms with Gasteiger partial charge in [-0.1, -0.05) is 12.1 Å². The quantitative estimate of drug-likeness (QED) is 0.750. The lowest BCUT2D eigenvalue weighted by Crippen LogP contribution is -2.45. The summed E-state index contributed by atoms with van der Waals surface area (Å²) in [5.41, 5.74) is 1.87. The van der Waals surface area contributed by atoms with Gasteiger partial charge in [0.25, 0.3) is 0 Å². The number of ether oxygens (including phenoxy) is 2. The molecule has 3 rings (SSSR count). The average molecular weight is 412 g/mol. The highest BCUT2D eigenvalue weighted by atomic mass is 16.6. The van der Waals surface area contributed by atoms with Crippen molar-refractivity contribution in [2.24, 2.45) is 0 Å². The molecule has 2 aromatic rings. The van der Waals surface area contributed by atoms with Gasteiger partial charge in [-0.05, 0) is 64.3 Å². The number of carboxylic acids is 1. The number of pyridine rings is 1. The van der Waals surface area contributed by atoms with E-state index in [0.29, 0.717) is 12.4 Å². The lowest BCUT2D eigenvalue weighted by atomic mass is 10.0. The lowest BCUT2D eigenvalue weighted by Gasteiger charge is -2.30. The van der Waals surface area contributed by atoms with E-state index >= 15 is 0 Å². The van der Waals surface area contributed by atoms with Crippen molar-refractivity contribution in [3.05, 3.63) is 47.8 Å². The van der Waals surface area contributed by atoms with Crippen LogP contribution in [0.15, 0.2) is 36.5 Å². The minimum absolute atomic E-state index is 0.234. The molecule has 0 bridgehead atoms. The molecule has 30 heavy (non-hydrogen) atoms. The van der Waals surface area contributed by atoms with Crippen molar-refractivity contribution >= 4 is 12.1 Å². The fraction of sp³-hybridized carbons (Fsp3) is 0.435. The van der Waals surface area contributed by atoms with Crippen LogP contribution in [0.2, 0.25) is 0 Å². The molecule has 0 atom stereocenters. The van der Waals surface area contributed by atoms with Crippen LogP contribution in [0, 0.1) is 6.92 Å². The third-order valence-electron chi connectivity index (χ3n) is 5.22. The maximum absolute atomic E-state index is 12.4. The summed E-state index contributed by atoms with van der Waals surface area (Å²) in [5, 5.41) is 9.07. The van der Waals surface area contributed by atoms with E-state index in [1.807, 2.05) is 33.8 Å². The minimum Gasteiger partial charge on any atom is -0.490 e. The molecule has 7 heteroatoms. The van der Waals surface area contributed by atoms with Crippen molar-refractivity contribution in [2.75, 3.05) is 13.7 Å². The number of nitrogens with zero attached hydrogens (tertiary/aromatic N) is 2. The average Bonchev–Trinajstić information content (AvgIpc) is 3.46. The molecule has 0 aliphatic heterocycles. The first-order chi connectivity index (χ1) is 14.0. The zero-order chi connectivity index (χ0) is 22.1. The summed E-state index contributed by atoms with van der Waals surface area (Å²) in [5.74, 6) is -0.362. The Morgan fingerprint density at radius 1 is 1.20 bits per heavy atom. The summed E-state index contributed by atoms with van der Waals surface area (Å²) in [6, 6.07) is 8.55. The maximum atomic E-state index is 12.4. The van der Waals surface area contributed by atoms with Gasteiger partial charge in [-0.2, -0.15) is 0 Å². The summed E-state index contributed by atoms with van der Waals surface area (Å²) in [4.78, 5) is 29.5. The molecular formula is C23H28N2O5. The molecule has 7 nitrogen and oxygen atoms in total. The second kappa shape index (κ2) is 7.97. The van der Waals surface area contributed by atoms with Crippen LogP contribution >= 0.6 is 0 Å². The summed E-state index contributed by atoms with van der Waals surface area (Å²) < 4.78 is 11.5. The first-order valence-corrected chi connectivity index (χ1v) is 9.91. The third kappa shape index (κ3) is 4.90. The van der Waals surface area contributed by atoms with Gasteiger partial charge >= 0.3 is 12.1 Å². The molecule has 0 unspecified atom stereocenters. The fourth-order valence-corrected chi connectivity index (χ4v) is 3.14. The molecule has 1 amide bonds. The van der Waals surface area contributed by atoms with Gasteiger partial charge < -0.3 is 19.5 Å². The van der Waals surface area contributed by atoms with Crippen molar-refractivity contribution in [3.63, 3.8) is 0 Å². The number of carbonyl (C=O) groups excluding carboxylic acids is 1. The van der Waals surface area contributed by atoms with Crippen LogP contribution in [-0.4, -0.2) is 51.8 Å². The maximum Gasteiger partial charge on any atom is 0.410 e. The number of hydrogen-bond acceptors (Lipinski definition) is 5. The predicted molar refractivity (Wildman–Crippen MR) is 113 cm³/mol. The molecule has 1 fully saturated rings. The smallest absolute Gasteiger partial charge is 0.410 e. The van der Waals surface area contributed by atoms with Crippen LogP contribution in [0.4, 0.5) is 4.79 Å². The van der Waals surface area contributed by atoms with Crippen molar-refractivity contribution in [1.29, 1.82) is 0 Å². The Hall–Kier alpha value is -3.09. The number of hydrogen-bond donors (Lipinski definition) is 1. The Balaban J connectivity index is 1.71. The van der Waals surface area contributed by atoms with Crippen molar-refractivity contribution in [2.45, 2.75) is 51.7 Å². The van der Waals surface area contributed by atoms with E-state index in [-0.39, 0.29) is 17.2 Å². The molecule has 0 spiro atoms. The van der Waals surface area contributed by atoms with E-state index < -0.39 is 11.6 Å². The van der Waals surface area contributed by atoms with Crippen molar-refractivity contribution in [3.8, 4) is 16.9 Å². The van der Waals surface area contributed by atoms with Gasteiger partial charge in [0.1, 0.15) is 18.0 Å². The molecule has 160 valence electrons. The highest BCUT2D eigenvalue weighted by Crippen LogP contribution is 2.42. The summed E-state index contributed by atoms with van der Waals surface area (Å²) in [7, 11) is 1.74. The number of aryl methyl sites for hydroxylation is 1. The molecule has 1 aliphatic carbocycles. The van der Waals surface area contributed by atoms with Crippen LogP contribution in [0.5, 0.6) is 5.75 Å². The summed E-state index contributed by atoms with van der Waals surface area (Å²) in [6.07, 6.45) is 3.01. The molecule has 0 saturated heterocycles. The van der Waals surface area contributed by atoms with E-state index in [1.54, 1.807) is 42.4 Å². The van der Waals surface area contributed by atoms with E-state index in [2.05, 4.69) is 4.98 Å². The molecule has 1 heterocycles. The SMILES string of the molecule is Cc1ncc(OCC2(N(C)C(=O)OC(C)(C)C)CC2)cc1-c1ccc(C(=O)O)cc1. The van der Waals surface area contributed by atoms with Gasteiger partial charge in [0.2, 0.25) is 0 Å². The molecule has 1 aromatic carbocycles. The fourth-order valence-electron chi connectivity index (χ4n) is 3.14. The van der Waals surface area contributed by atoms with Gasteiger partial charge in [0, 0.05) is 18.3 Å². The van der Waals surface area contributed by atoms with Gasteiger partial charge in [-0.25, -0.2) is 9.59 Å². The monoisotopic (exact) mass is 412 g/mol. The van der Waals surface area contributed by atoms with E-state index in [4.69, 9.17) is 14.6 Å². The lowest BCUT2D eigenvalue weighted by molar-refractivity contribution is 0.0139. The van der Waals surface area contributed by atoms with E-state index in [9.17, 15) is 9.59 Å². The Labute approximate surface area is 176 Å². The van der Waals surface area contributed by atoms with E-state index in [1.165, 1.54) is 0 Å². The van der Waals surface area contributed by atoms with Crippen LogP contribution < -0.4 is 4.74 Å². The highest BCUT2D eigenvalue weighted by molar-refractivity contribution is 5.88. The number of carbonyl (C=O) groups is 2. The second-order valence-electron chi connectivity index (χ2n) is 8.74. The minimum atomic E-state index is -0.961. The zero-order valence-electron chi connectivity index (χ0n) is 18.1. The number of rotatable bonds is 6. The number of carboxylic acid groups (broad SMARTS) is 1. The zero-order valence-corrected chi connectivity index (χ0v) is 18.1. The van der Waals surface area contributed by atoms with Gasteiger partial charge in [-0.15, -0.1) is 0 Å². The number of likely N-dealkylation sites (N-methyl/N-ethyl adjacent to an activating group) is 1. The van der Waals surface area contributed by atoms with Gasteiger partial charge in [-0.3, -0.25) is 4.98 Å². The number of aromatic nitrogens is 1. The molecular weight excluding hydrogens is 384 g/mol. The Morgan fingerprint density at radius 3 is 2.37 bits per heavy atom. The number of aromatic carboxylic acids is 1. The Morgan fingerprint density at radius 2 is 1.83 bits per heavy atom. The summed E-state index contributed by atoms with van der Waals surface area (Å²) >= 11 is 0. The van der Waals surface area contributed by atoms with Gasteiger partial charge in [0.15, 0.2) is 0 Å². The standard InChI is InChI=1S/C23H28N2O5/c1-15-19(16-6-8-17(9-7-16)20(26)27)12-18(13-24-15)29-14-23(10-11-23)25(5)21(28)30-22(2,3)4/h6-9,12-13H,10-11,14H2,1-5H3,(H,26,27). The van der Waals surface area contributed by atoms with Crippen molar-refractivity contribution in [1.82, 2.24) is 9.88 Å². The Bertz CT molecular complexity index is 943. The summed E-state index contributed by atoms with van der Waals surface area (Å²) in [6.45, 7) is 7.78. The second-order valence-corrected chi connectivity index (χ2v) is 8.74. The van der Waals surface area contributed by atoms with Crippen LogP contribution in [0.25, 0.3) is 11.1 Å². The number of amides is 1. The van der Waals surface area contributed by atoms with Crippen LogP contribution in [-0.2, 0) is 4.74 Å². The first kappa shape index (κ1) is 21.6. The van der Waals surface area contributed by atoms with Crippen LogP contribution in [0.1, 0.15) is 49.7 Å². The topological polar surface area (TPSA) is 89.0 Å². The normalized spacial score (nSPS) is 14.7. The molecule has 1 aromatic heterocycles. The molecule has 0 radical (unpaired) electrons. The number of benzene rings is 1. The van der Waals surface area contributed by atoms with Crippen LogP contribution in [0.3, 0.4) is 0 Å². The van der Waals surface area contributed by atoms with E-state index in [0.717, 1.165) is 29.7 Å². The predicted octanol–water partition coefficient (Wildman–Crippen LogP) is 4.53. The highest BCUT2D eigenvalue weighted by Gasteiger charge is 2.50. The molecule has 1 aliphatic rings. The van der Waals surface area contributed by atoms with Gasteiger partial charge in [0.05, 0.1) is 17.3 Å². The molecule has 1 saturated carbocycles. The third-order valence-corrected chi connectivity index (χ3v) is 5.22. The largest absolute Gasteiger partial charge is 0.490 e. The first-order valence-electron chi connectivity index (χ1n) is 9.91. The molecule has 1 N–H and O–H groups in total. The Kier molecular flexibility index (Phi) is 5.74.